The van der Waals surface area contributed by atoms with E-state index in [-0.39, 0.29) is 5.09 Å². The summed E-state index contributed by atoms with van der Waals surface area (Å²) >= 11 is 0. The monoisotopic (exact) mass is 188 g/mol. The Balaban J connectivity index is 2.43. The van der Waals surface area contributed by atoms with Crippen LogP contribution in [0.3, 0.4) is 0 Å². The van der Waals surface area contributed by atoms with Crippen LogP contribution in [0.2, 0.25) is 0 Å². The van der Waals surface area contributed by atoms with Gasteiger partial charge >= 0.3 is 0 Å². The SMILES string of the molecule is [O-][S+]1SC(O)=C2OC=CC=C21. The fourth-order valence-electron chi connectivity index (χ4n) is 0.809. The molecule has 0 saturated heterocycles. The van der Waals surface area contributed by atoms with Crippen molar-refractivity contribution >= 4 is 21.0 Å². The van der Waals surface area contributed by atoms with Crippen molar-refractivity contribution in [2.24, 2.45) is 0 Å². The van der Waals surface area contributed by atoms with Crippen LogP contribution in [0, 0.1) is 0 Å². The van der Waals surface area contributed by atoms with Crippen LogP contribution < -0.4 is 0 Å². The molecule has 2 aliphatic heterocycles. The molecule has 0 aromatic carbocycles. The van der Waals surface area contributed by atoms with Crippen molar-refractivity contribution in [3.05, 3.63) is 34.2 Å². The third-order valence-corrected chi connectivity index (χ3v) is 3.91. The van der Waals surface area contributed by atoms with E-state index in [1.807, 2.05) is 0 Å². The van der Waals surface area contributed by atoms with Crippen molar-refractivity contribution in [1.82, 2.24) is 0 Å². The molecule has 11 heavy (non-hydrogen) atoms. The molecule has 0 aliphatic carbocycles. The molecule has 0 amide bonds. The van der Waals surface area contributed by atoms with Crippen molar-refractivity contribution in [3.8, 4) is 0 Å². The zero-order valence-corrected chi connectivity index (χ0v) is 6.95. The van der Waals surface area contributed by atoms with E-state index in [1.54, 1.807) is 12.2 Å². The second-order valence-electron chi connectivity index (χ2n) is 1.93. The first-order valence-corrected chi connectivity index (χ1v) is 5.34. The number of ether oxygens (including phenoxy) is 1. The van der Waals surface area contributed by atoms with E-state index in [4.69, 9.17) is 9.84 Å². The van der Waals surface area contributed by atoms with Gasteiger partial charge in [0.05, 0.1) is 16.5 Å². The molecule has 58 valence electrons. The lowest BCUT2D eigenvalue weighted by Gasteiger charge is -2.05. The van der Waals surface area contributed by atoms with Crippen LogP contribution in [-0.4, -0.2) is 9.66 Å². The molecule has 2 aliphatic rings. The van der Waals surface area contributed by atoms with Gasteiger partial charge in [-0.25, -0.2) is 0 Å². The summed E-state index contributed by atoms with van der Waals surface area (Å²) in [6.45, 7) is 0. The number of fused-ring (bicyclic) bond motifs is 1. The quantitative estimate of drug-likeness (QED) is 0.463. The summed E-state index contributed by atoms with van der Waals surface area (Å²) in [5, 5.41) is 9.14. The molecule has 0 saturated carbocycles. The van der Waals surface area contributed by atoms with Crippen LogP contribution in [-0.2, 0) is 14.9 Å². The molecule has 3 nitrogen and oxygen atoms in total. The van der Waals surface area contributed by atoms with Gasteiger partial charge in [-0.15, -0.1) is 0 Å². The number of allylic oxidation sites excluding steroid dienone is 2. The molecule has 0 spiro atoms. The molecule has 0 aromatic rings. The molecule has 0 bridgehead atoms. The van der Waals surface area contributed by atoms with Gasteiger partial charge in [0, 0.05) is 6.08 Å². The fraction of sp³-hybridized carbons (Fsp3) is 0. The number of hydrogen-bond donors (Lipinski definition) is 1. The van der Waals surface area contributed by atoms with Gasteiger partial charge in [-0.3, -0.25) is 0 Å². The first-order chi connectivity index (χ1) is 5.29. The maximum atomic E-state index is 11.1. The third-order valence-electron chi connectivity index (χ3n) is 1.26. The largest absolute Gasteiger partial charge is 0.600 e. The number of aliphatic hydroxyl groups excluding tert-OH is 1. The summed E-state index contributed by atoms with van der Waals surface area (Å²) in [4.78, 5) is 0.551. The van der Waals surface area contributed by atoms with Crippen LogP contribution in [0.15, 0.2) is 34.2 Å². The molecule has 1 atom stereocenters. The Bertz CT molecular complexity index is 280. The van der Waals surface area contributed by atoms with Gasteiger partial charge in [0.15, 0.2) is 10.8 Å². The van der Waals surface area contributed by atoms with E-state index in [0.717, 1.165) is 10.8 Å². The van der Waals surface area contributed by atoms with E-state index in [1.165, 1.54) is 6.26 Å². The second kappa shape index (κ2) is 2.51. The molecule has 1 unspecified atom stereocenters. The van der Waals surface area contributed by atoms with Gasteiger partial charge in [-0.05, 0) is 6.08 Å². The zero-order valence-electron chi connectivity index (χ0n) is 5.31. The number of hydrogen-bond acceptors (Lipinski definition) is 4. The summed E-state index contributed by atoms with van der Waals surface area (Å²) in [5.74, 6) is 0.329. The molecule has 0 radical (unpaired) electrons. The van der Waals surface area contributed by atoms with Gasteiger partial charge in [0.1, 0.15) is 0 Å². The summed E-state index contributed by atoms with van der Waals surface area (Å²) < 4.78 is 16.1. The van der Waals surface area contributed by atoms with Crippen molar-refractivity contribution in [1.29, 1.82) is 0 Å². The number of aliphatic hydroxyl groups is 1. The normalized spacial score (nSPS) is 28.1. The summed E-state index contributed by atoms with van der Waals surface area (Å²) in [7, 11) is -0.292. The maximum absolute atomic E-state index is 11.1. The summed E-state index contributed by atoms with van der Waals surface area (Å²) in [6, 6.07) is 0. The Morgan fingerprint density at radius 1 is 1.64 bits per heavy atom. The molecule has 2 heterocycles. The Hall–Kier alpha value is -0.520. The Kier molecular flexibility index (Phi) is 1.63. The molecule has 0 fully saturated rings. The lowest BCUT2D eigenvalue weighted by atomic mass is 10.4. The van der Waals surface area contributed by atoms with Crippen LogP contribution in [0.1, 0.15) is 0 Å². The van der Waals surface area contributed by atoms with Gasteiger partial charge in [-0.2, -0.15) is 0 Å². The average molecular weight is 188 g/mol. The van der Waals surface area contributed by atoms with E-state index < -0.39 is 10.2 Å². The summed E-state index contributed by atoms with van der Waals surface area (Å²) in [6.07, 6.45) is 4.76. The van der Waals surface area contributed by atoms with Crippen LogP contribution in [0.5, 0.6) is 0 Å². The highest BCUT2D eigenvalue weighted by Gasteiger charge is 2.37. The predicted molar refractivity (Wildman–Crippen MR) is 43.7 cm³/mol. The first-order valence-electron chi connectivity index (χ1n) is 2.86. The standard InChI is InChI=1S/C6H4O3S2/c7-6-5-4(11(8)10-6)2-1-3-9-5/h1-3,7H. The molecular formula is C6H4O3S2. The minimum atomic E-state index is -1.19. The van der Waals surface area contributed by atoms with Gasteiger partial charge < -0.3 is 14.4 Å². The van der Waals surface area contributed by atoms with Gasteiger partial charge in [0.25, 0.3) is 5.09 Å². The molecule has 2 rings (SSSR count). The highest BCUT2D eigenvalue weighted by atomic mass is 33.1. The topological polar surface area (TPSA) is 52.5 Å². The number of rotatable bonds is 0. The van der Waals surface area contributed by atoms with E-state index in [0.29, 0.717) is 10.7 Å². The van der Waals surface area contributed by atoms with Gasteiger partial charge in [-0.1, -0.05) is 0 Å². The predicted octanol–water partition coefficient (Wildman–Crippen LogP) is 1.55. The van der Waals surface area contributed by atoms with Crippen molar-refractivity contribution < 1.29 is 14.4 Å². The van der Waals surface area contributed by atoms with Crippen LogP contribution >= 0.6 is 10.8 Å². The second-order valence-corrected chi connectivity index (χ2v) is 4.80. The smallest absolute Gasteiger partial charge is 0.252 e. The molecule has 1 N–H and O–H groups in total. The van der Waals surface area contributed by atoms with E-state index >= 15 is 0 Å². The molecule has 0 aromatic heterocycles. The van der Waals surface area contributed by atoms with Crippen molar-refractivity contribution in [2.45, 2.75) is 0 Å². The van der Waals surface area contributed by atoms with Crippen molar-refractivity contribution in [3.63, 3.8) is 0 Å². The lowest BCUT2D eigenvalue weighted by Crippen LogP contribution is -1.98. The zero-order chi connectivity index (χ0) is 7.84. The van der Waals surface area contributed by atoms with Crippen LogP contribution in [0.25, 0.3) is 0 Å². The van der Waals surface area contributed by atoms with Crippen molar-refractivity contribution in [2.75, 3.05) is 0 Å². The molecule has 5 heteroatoms. The lowest BCUT2D eigenvalue weighted by molar-refractivity contribution is 0.325. The Morgan fingerprint density at radius 2 is 2.45 bits per heavy atom. The highest BCUT2D eigenvalue weighted by Crippen LogP contribution is 2.43. The van der Waals surface area contributed by atoms with Crippen LogP contribution in [0.4, 0.5) is 0 Å². The maximum Gasteiger partial charge on any atom is 0.252 e. The van der Waals surface area contributed by atoms with E-state index in [9.17, 15) is 4.55 Å². The average Bonchev–Trinajstić information content (AvgIpc) is 2.30. The minimum Gasteiger partial charge on any atom is -0.600 e. The van der Waals surface area contributed by atoms with E-state index in [2.05, 4.69) is 0 Å². The van der Waals surface area contributed by atoms with Gasteiger partial charge in [0.2, 0.25) is 10.7 Å². The molecular weight excluding hydrogens is 184 g/mol. The highest BCUT2D eigenvalue weighted by molar-refractivity contribution is 8.75. The Morgan fingerprint density at radius 3 is 3.18 bits per heavy atom. The fourth-order valence-corrected chi connectivity index (χ4v) is 3.15. The summed E-state index contributed by atoms with van der Waals surface area (Å²) in [5.41, 5.74) is 0. The first kappa shape index (κ1) is 7.15. The third kappa shape index (κ3) is 1.05. The Labute approximate surface area is 70.0 Å². The minimum absolute atomic E-state index is 0.000988.